The summed E-state index contributed by atoms with van der Waals surface area (Å²) >= 11 is 11.9. The number of nitrogens with zero attached hydrogens (tertiary/aromatic N) is 1. The highest BCUT2D eigenvalue weighted by molar-refractivity contribution is 6.42. The van der Waals surface area contributed by atoms with E-state index < -0.39 is 0 Å². The first-order valence-electron chi connectivity index (χ1n) is 5.00. The summed E-state index contributed by atoms with van der Waals surface area (Å²) in [6.45, 7) is 0. The van der Waals surface area contributed by atoms with Crippen LogP contribution in [0, 0.1) is 11.3 Å². The van der Waals surface area contributed by atoms with E-state index in [0.717, 1.165) is 18.4 Å². The van der Waals surface area contributed by atoms with Crippen molar-refractivity contribution < 1.29 is 0 Å². The fourth-order valence-electron chi connectivity index (χ4n) is 2.15. The van der Waals surface area contributed by atoms with Crippen LogP contribution in [0.3, 0.4) is 0 Å². The molecule has 3 heteroatoms. The van der Waals surface area contributed by atoms with Gasteiger partial charge in [0.1, 0.15) is 0 Å². The second-order valence-corrected chi connectivity index (χ2v) is 4.91. The molecule has 0 heterocycles. The van der Waals surface area contributed by atoms with Crippen molar-refractivity contribution in [2.75, 3.05) is 0 Å². The van der Waals surface area contributed by atoms with E-state index in [1.807, 2.05) is 18.2 Å². The quantitative estimate of drug-likeness (QED) is 0.754. The van der Waals surface area contributed by atoms with E-state index in [1.165, 1.54) is 6.42 Å². The van der Waals surface area contributed by atoms with Crippen LogP contribution >= 0.6 is 23.2 Å². The minimum atomic E-state index is 0.0446. The van der Waals surface area contributed by atoms with Gasteiger partial charge in [0.2, 0.25) is 0 Å². The largest absolute Gasteiger partial charge is 0.198 e. The fourth-order valence-corrected chi connectivity index (χ4v) is 2.45. The van der Waals surface area contributed by atoms with Gasteiger partial charge in [-0.25, -0.2) is 0 Å². The van der Waals surface area contributed by atoms with Gasteiger partial charge in [-0.2, -0.15) is 5.26 Å². The number of halogens is 2. The lowest BCUT2D eigenvalue weighted by atomic mass is 9.63. The van der Waals surface area contributed by atoms with Crippen molar-refractivity contribution >= 4 is 23.2 Å². The van der Waals surface area contributed by atoms with Crippen molar-refractivity contribution in [1.29, 1.82) is 5.26 Å². The highest BCUT2D eigenvalue weighted by Crippen LogP contribution is 2.47. The topological polar surface area (TPSA) is 23.8 Å². The molecule has 1 aliphatic rings. The standard InChI is InChI=1S/C12H11Cl2N/c13-10-3-2-9(8-11(10)14)12(6-7-15)4-1-5-12/h2-3,8H,1,4-6H2. The zero-order valence-electron chi connectivity index (χ0n) is 8.26. The Balaban J connectivity index is 2.36. The Kier molecular flexibility index (Phi) is 2.91. The summed E-state index contributed by atoms with van der Waals surface area (Å²) in [4.78, 5) is 0. The van der Waals surface area contributed by atoms with Crippen LogP contribution in [-0.4, -0.2) is 0 Å². The van der Waals surface area contributed by atoms with Crippen LogP contribution in [0.1, 0.15) is 31.2 Å². The molecule has 0 atom stereocenters. The zero-order chi connectivity index (χ0) is 10.9. The van der Waals surface area contributed by atoms with Gasteiger partial charge in [0, 0.05) is 11.8 Å². The molecule has 0 N–H and O–H groups in total. The van der Waals surface area contributed by atoms with Gasteiger partial charge in [-0.05, 0) is 30.5 Å². The number of rotatable bonds is 2. The Morgan fingerprint density at radius 1 is 1.27 bits per heavy atom. The lowest BCUT2D eigenvalue weighted by Gasteiger charge is -2.40. The summed E-state index contributed by atoms with van der Waals surface area (Å²) in [7, 11) is 0. The minimum absolute atomic E-state index is 0.0446. The minimum Gasteiger partial charge on any atom is -0.198 e. The van der Waals surface area contributed by atoms with Gasteiger partial charge in [0.05, 0.1) is 16.1 Å². The SMILES string of the molecule is N#CCC1(c2ccc(Cl)c(Cl)c2)CCC1. The Bertz CT molecular complexity index is 416. The maximum Gasteiger partial charge on any atom is 0.0631 e. The van der Waals surface area contributed by atoms with Crippen molar-refractivity contribution in [2.24, 2.45) is 0 Å². The summed E-state index contributed by atoms with van der Waals surface area (Å²) in [5.74, 6) is 0. The Labute approximate surface area is 99.6 Å². The third-order valence-corrected chi connectivity index (χ3v) is 4.00. The molecule has 1 aromatic carbocycles. The van der Waals surface area contributed by atoms with Gasteiger partial charge in [0.25, 0.3) is 0 Å². The summed E-state index contributed by atoms with van der Waals surface area (Å²) in [6, 6.07) is 7.98. The molecular formula is C12H11Cl2N. The highest BCUT2D eigenvalue weighted by Gasteiger charge is 2.38. The number of nitriles is 1. The Morgan fingerprint density at radius 2 is 2.00 bits per heavy atom. The number of hydrogen-bond acceptors (Lipinski definition) is 1. The first kappa shape index (κ1) is 10.8. The zero-order valence-corrected chi connectivity index (χ0v) is 9.78. The molecule has 2 rings (SSSR count). The van der Waals surface area contributed by atoms with Gasteiger partial charge in [-0.1, -0.05) is 35.7 Å². The van der Waals surface area contributed by atoms with Crippen LogP contribution < -0.4 is 0 Å². The third kappa shape index (κ3) is 1.85. The van der Waals surface area contributed by atoms with Crippen LogP contribution in [0.15, 0.2) is 18.2 Å². The summed E-state index contributed by atoms with van der Waals surface area (Å²) in [5.41, 5.74) is 1.20. The van der Waals surface area contributed by atoms with Gasteiger partial charge in [-0.15, -0.1) is 0 Å². The van der Waals surface area contributed by atoms with E-state index in [9.17, 15) is 0 Å². The van der Waals surface area contributed by atoms with Crippen LogP contribution in [-0.2, 0) is 5.41 Å². The maximum absolute atomic E-state index is 8.84. The van der Waals surface area contributed by atoms with Crippen molar-refractivity contribution in [3.8, 4) is 6.07 Å². The van der Waals surface area contributed by atoms with E-state index in [-0.39, 0.29) is 5.41 Å². The molecule has 0 bridgehead atoms. The normalized spacial score (nSPS) is 17.9. The molecule has 0 unspecified atom stereocenters. The van der Waals surface area contributed by atoms with Gasteiger partial charge >= 0.3 is 0 Å². The predicted molar refractivity (Wildman–Crippen MR) is 62.2 cm³/mol. The summed E-state index contributed by atoms with van der Waals surface area (Å²) in [5, 5.41) is 10.0. The lowest BCUT2D eigenvalue weighted by molar-refractivity contribution is 0.249. The molecular weight excluding hydrogens is 229 g/mol. The number of hydrogen-bond donors (Lipinski definition) is 0. The van der Waals surface area contributed by atoms with Crippen LogP contribution in [0.5, 0.6) is 0 Å². The molecule has 0 amide bonds. The van der Waals surface area contributed by atoms with Crippen molar-refractivity contribution in [2.45, 2.75) is 31.1 Å². The average molecular weight is 240 g/mol. The average Bonchev–Trinajstić information content (AvgIpc) is 2.16. The van der Waals surface area contributed by atoms with Crippen LogP contribution in [0.25, 0.3) is 0 Å². The molecule has 0 radical (unpaired) electrons. The van der Waals surface area contributed by atoms with E-state index in [1.54, 1.807) is 0 Å². The first-order chi connectivity index (χ1) is 7.18. The van der Waals surface area contributed by atoms with E-state index >= 15 is 0 Å². The second kappa shape index (κ2) is 4.04. The summed E-state index contributed by atoms with van der Waals surface area (Å²) in [6.07, 6.45) is 3.93. The third-order valence-electron chi connectivity index (χ3n) is 3.26. The van der Waals surface area contributed by atoms with Crippen molar-refractivity contribution in [3.05, 3.63) is 33.8 Å². The second-order valence-electron chi connectivity index (χ2n) is 4.10. The van der Waals surface area contributed by atoms with Crippen LogP contribution in [0.2, 0.25) is 10.0 Å². The van der Waals surface area contributed by atoms with Gasteiger partial charge in [0.15, 0.2) is 0 Å². The van der Waals surface area contributed by atoms with Gasteiger partial charge in [-0.3, -0.25) is 0 Å². The highest BCUT2D eigenvalue weighted by atomic mass is 35.5. The fraction of sp³-hybridized carbons (Fsp3) is 0.417. The molecule has 0 saturated heterocycles. The maximum atomic E-state index is 8.84. The molecule has 1 fully saturated rings. The monoisotopic (exact) mass is 239 g/mol. The molecule has 78 valence electrons. The van der Waals surface area contributed by atoms with E-state index in [2.05, 4.69) is 6.07 Å². The molecule has 1 aliphatic carbocycles. The molecule has 15 heavy (non-hydrogen) atoms. The molecule has 0 aliphatic heterocycles. The Morgan fingerprint density at radius 3 is 2.47 bits per heavy atom. The predicted octanol–water partition coefficient (Wildman–Crippen LogP) is 4.33. The molecule has 0 aromatic heterocycles. The lowest BCUT2D eigenvalue weighted by Crippen LogP contribution is -2.33. The number of benzene rings is 1. The molecule has 1 aromatic rings. The van der Waals surface area contributed by atoms with E-state index in [4.69, 9.17) is 28.5 Å². The van der Waals surface area contributed by atoms with Gasteiger partial charge < -0.3 is 0 Å². The Hall–Kier alpha value is -0.710. The van der Waals surface area contributed by atoms with Crippen LogP contribution in [0.4, 0.5) is 0 Å². The van der Waals surface area contributed by atoms with Crippen molar-refractivity contribution in [1.82, 2.24) is 0 Å². The summed E-state index contributed by atoms with van der Waals surface area (Å²) < 4.78 is 0. The molecule has 1 saturated carbocycles. The smallest absolute Gasteiger partial charge is 0.0631 e. The molecule has 1 nitrogen and oxygen atoms in total. The van der Waals surface area contributed by atoms with E-state index in [0.29, 0.717) is 16.5 Å². The van der Waals surface area contributed by atoms with Crippen molar-refractivity contribution in [3.63, 3.8) is 0 Å². The molecule has 0 spiro atoms. The first-order valence-corrected chi connectivity index (χ1v) is 5.76.